The molecule has 0 aromatic carbocycles. The molecule has 0 aliphatic carbocycles. The first-order valence-corrected chi connectivity index (χ1v) is 13.2. The van der Waals surface area contributed by atoms with E-state index in [1.165, 1.54) is 6.08 Å². The number of nitrogens with zero attached hydrogens (tertiary/aromatic N) is 5. The Balaban J connectivity index is 1.78. The molecule has 3 heterocycles. The van der Waals surface area contributed by atoms with Crippen LogP contribution in [-0.4, -0.2) is 84.9 Å². The number of carbonyl (C=O) groups is 2. The maximum absolute atomic E-state index is 12.6. The maximum atomic E-state index is 12.6. The zero-order chi connectivity index (χ0) is 26.5. The third-order valence-corrected chi connectivity index (χ3v) is 5.85. The van der Waals surface area contributed by atoms with Gasteiger partial charge in [0.2, 0.25) is 15.0 Å². The number of hydrogen-bond acceptors (Lipinski definition) is 10. The molecule has 1 aliphatic heterocycles. The number of piperazine rings is 1. The van der Waals surface area contributed by atoms with Crippen LogP contribution in [0.1, 0.15) is 31.1 Å². The summed E-state index contributed by atoms with van der Waals surface area (Å²) in [6.45, 7) is 11.3. The van der Waals surface area contributed by atoms with Crippen LogP contribution < -0.4 is 15.5 Å². The molecule has 0 atom stereocenters. The van der Waals surface area contributed by atoms with Crippen LogP contribution in [0.15, 0.2) is 42.2 Å². The van der Waals surface area contributed by atoms with Gasteiger partial charge in [-0.15, -0.1) is 6.58 Å². The molecule has 0 bridgehead atoms. The zero-order valence-corrected chi connectivity index (χ0v) is 21.6. The monoisotopic (exact) mass is 517 g/mol. The van der Waals surface area contributed by atoms with Crippen molar-refractivity contribution in [2.24, 2.45) is 0 Å². The van der Waals surface area contributed by atoms with Crippen molar-refractivity contribution in [1.29, 1.82) is 0 Å². The van der Waals surface area contributed by atoms with Crippen LogP contribution in [0.5, 0.6) is 0 Å². The molecule has 13 heteroatoms. The highest BCUT2D eigenvalue weighted by molar-refractivity contribution is 7.90. The first-order chi connectivity index (χ1) is 16.9. The quantitative estimate of drug-likeness (QED) is 0.413. The number of rotatable bonds is 7. The van der Waals surface area contributed by atoms with Crippen LogP contribution >= 0.6 is 0 Å². The highest BCUT2D eigenvalue weighted by atomic mass is 32.2. The lowest BCUT2D eigenvalue weighted by Crippen LogP contribution is -2.50. The van der Waals surface area contributed by atoms with Crippen molar-refractivity contribution >= 4 is 39.3 Å². The molecule has 2 amide bonds. The standard InChI is InChI=1S/C23H31N7O5S/c1-6-10-24-20(31)16-15-25-21(36(5,33)34)28-19(16)27-17-8-7-9-18(26-17)29-11-13-30(14-12-29)22(32)35-23(2,3)4/h6-9,15H,1,10-14H2,2-5H3,(H,24,31)(H,25,26,27,28). The zero-order valence-electron chi connectivity index (χ0n) is 20.8. The van der Waals surface area contributed by atoms with Crippen molar-refractivity contribution in [2.75, 3.05) is 49.2 Å². The summed E-state index contributed by atoms with van der Waals surface area (Å²) in [5.74, 6) is 0.523. The number of carbonyl (C=O) groups excluding carboxylic acids is 2. The lowest BCUT2D eigenvalue weighted by molar-refractivity contribution is 0.0240. The van der Waals surface area contributed by atoms with Gasteiger partial charge >= 0.3 is 6.09 Å². The third-order valence-electron chi connectivity index (χ3n) is 4.99. The maximum Gasteiger partial charge on any atom is 0.410 e. The summed E-state index contributed by atoms with van der Waals surface area (Å²) in [5.41, 5.74) is -0.503. The summed E-state index contributed by atoms with van der Waals surface area (Å²) in [7, 11) is -3.71. The lowest BCUT2D eigenvalue weighted by Gasteiger charge is -2.36. The second-order valence-electron chi connectivity index (χ2n) is 9.15. The summed E-state index contributed by atoms with van der Waals surface area (Å²) in [6, 6.07) is 5.28. The summed E-state index contributed by atoms with van der Waals surface area (Å²) >= 11 is 0. The van der Waals surface area contributed by atoms with Gasteiger partial charge in [-0.2, -0.15) is 4.98 Å². The van der Waals surface area contributed by atoms with E-state index in [4.69, 9.17) is 4.74 Å². The van der Waals surface area contributed by atoms with Crippen LogP contribution in [0.25, 0.3) is 0 Å². The summed E-state index contributed by atoms with van der Waals surface area (Å²) < 4.78 is 29.4. The van der Waals surface area contributed by atoms with Crippen molar-refractivity contribution < 1.29 is 22.7 Å². The van der Waals surface area contributed by atoms with Gasteiger partial charge in [0.1, 0.15) is 28.6 Å². The Morgan fingerprint density at radius 2 is 1.86 bits per heavy atom. The van der Waals surface area contributed by atoms with E-state index in [1.54, 1.807) is 17.0 Å². The van der Waals surface area contributed by atoms with Gasteiger partial charge in [-0.25, -0.2) is 23.2 Å². The van der Waals surface area contributed by atoms with Crippen molar-refractivity contribution in [3.05, 3.63) is 42.6 Å². The largest absolute Gasteiger partial charge is 0.444 e. The van der Waals surface area contributed by atoms with E-state index in [9.17, 15) is 18.0 Å². The van der Waals surface area contributed by atoms with E-state index < -0.39 is 26.5 Å². The fourth-order valence-corrected chi connectivity index (χ4v) is 3.80. The Kier molecular flexibility index (Phi) is 8.13. The molecule has 2 aromatic rings. The predicted molar refractivity (Wildman–Crippen MR) is 135 cm³/mol. The van der Waals surface area contributed by atoms with Gasteiger partial charge in [0.15, 0.2) is 0 Å². The van der Waals surface area contributed by atoms with Crippen molar-refractivity contribution in [3.8, 4) is 0 Å². The number of nitrogens with one attached hydrogen (secondary N) is 2. The Morgan fingerprint density at radius 1 is 1.17 bits per heavy atom. The lowest BCUT2D eigenvalue weighted by atomic mass is 10.2. The van der Waals surface area contributed by atoms with E-state index in [-0.39, 0.29) is 24.0 Å². The first kappa shape index (κ1) is 26.9. The molecule has 0 unspecified atom stereocenters. The normalized spacial score (nSPS) is 14.2. The molecule has 0 radical (unpaired) electrons. The molecule has 2 N–H and O–H groups in total. The highest BCUT2D eigenvalue weighted by Gasteiger charge is 2.26. The predicted octanol–water partition coefficient (Wildman–Crippen LogP) is 1.99. The minimum atomic E-state index is -3.71. The molecular formula is C23H31N7O5S. The first-order valence-electron chi connectivity index (χ1n) is 11.3. The number of pyridine rings is 1. The molecule has 12 nitrogen and oxygen atoms in total. The molecule has 1 aliphatic rings. The minimum Gasteiger partial charge on any atom is -0.444 e. The average Bonchev–Trinajstić information content (AvgIpc) is 2.81. The number of sulfone groups is 1. The summed E-state index contributed by atoms with van der Waals surface area (Å²) in [5, 5.41) is 5.16. The topological polar surface area (TPSA) is 147 Å². The molecule has 0 spiro atoms. The number of anilines is 3. The highest BCUT2D eigenvalue weighted by Crippen LogP contribution is 2.22. The van der Waals surface area contributed by atoms with Gasteiger partial charge in [0.25, 0.3) is 5.91 Å². The van der Waals surface area contributed by atoms with Gasteiger partial charge in [0.05, 0.1) is 0 Å². The second-order valence-corrected chi connectivity index (χ2v) is 11.1. The van der Waals surface area contributed by atoms with Gasteiger partial charge in [-0.05, 0) is 32.9 Å². The van der Waals surface area contributed by atoms with Crippen molar-refractivity contribution in [1.82, 2.24) is 25.2 Å². The van der Waals surface area contributed by atoms with E-state index in [0.29, 0.717) is 37.8 Å². The Hall–Kier alpha value is -3.74. The van der Waals surface area contributed by atoms with E-state index in [1.807, 2.05) is 31.7 Å². The molecule has 0 saturated carbocycles. The fraction of sp³-hybridized carbons (Fsp3) is 0.435. The van der Waals surface area contributed by atoms with Crippen LogP contribution in [-0.2, 0) is 14.6 Å². The van der Waals surface area contributed by atoms with E-state index in [2.05, 4.69) is 32.2 Å². The average molecular weight is 518 g/mol. The fourth-order valence-electron chi connectivity index (χ4n) is 3.30. The van der Waals surface area contributed by atoms with Gasteiger partial charge in [-0.1, -0.05) is 12.1 Å². The van der Waals surface area contributed by atoms with Crippen LogP contribution in [0.3, 0.4) is 0 Å². The van der Waals surface area contributed by atoms with Gasteiger partial charge < -0.3 is 25.2 Å². The second kappa shape index (κ2) is 10.9. The Morgan fingerprint density at radius 3 is 2.47 bits per heavy atom. The third kappa shape index (κ3) is 7.13. The van der Waals surface area contributed by atoms with Crippen LogP contribution in [0, 0.1) is 0 Å². The number of ether oxygens (including phenoxy) is 1. The number of aromatic nitrogens is 3. The molecule has 194 valence electrons. The summed E-state index contributed by atoms with van der Waals surface area (Å²) in [4.78, 5) is 41.0. The Labute approximate surface area is 210 Å². The number of hydrogen-bond donors (Lipinski definition) is 2. The molecule has 36 heavy (non-hydrogen) atoms. The molecule has 2 aromatic heterocycles. The van der Waals surface area contributed by atoms with E-state index in [0.717, 1.165) is 12.5 Å². The van der Waals surface area contributed by atoms with Crippen molar-refractivity contribution in [2.45, 2.75) is 31.5 Å². The molecule has 1 fully saturated rings. The van der Waals surface area contributed by atoms with E-state index >= 15 is 0 Å². The van der Waals surface area contributed by atoms with Crippen LogP contribution in [0.4, 0.5) is 22.2 Å². The number of amides is 2. The van der Waals surface area contributed by atoms with Gasteiger partial charge in [-0.3, -0.25) is 4.79 Å². The minimum absolute atomic E-state index is 0.00591. The van der Waals surface area contributed by atoms with Crippen molar-refractivity contribution in [3.63, 3.8) is 0 Å². The smallest absolute Gasteiger partial charge is 0.410 e. The molecular weight excluding hydrogens is 486 g/mol. The molecule has 3 rings (SSSR count). The summed E-state index contributed by atoms with van der Waals surface area (Å²) in [6.07, 6.45) is 3.31. The van der Waals surface area contributed by atoms with Gasteiger partial charge in [0, 0.05) is 45.2 Å². The molecule has 1 saturated heterocycles. The van der Waals surface area contributed by atoms with Crippen LogP contribution in [0.2, 0.25) is 0 Å². The SMILES string of the molecule is C=CCNC(=O)c1cnc(S(C)(=O)=O)nc1Nc1cccc(N2CCN(C(=O)OC(C)(C)C)CC2)n1. The Bertz CT molecular complexity index is 1240.